The number of carbonyl (C=O) groups excluding carboxylic acids is 3. The third-order valence-corrected chi connectivity index (χ3v) is 3.30. The number of imide groups is 1. The van der Waals surface area contributed by atoms with Crippen molar-refractivity contribution < 1.29 is 14.4 Å². The van der Waals surface area contributed by atoms with E-state index in [1.54, 1.807) is 6.08 Å². The number of hydrogen-bond donors (Lipinski definition) is 3. The summed E-state index contributed by atoms with van der Waals surface area (Å²) >= 11 is 0. The summed E-state index contributed by atoms with van der Waals surface area (Å²) in [7, 11) is 0. The second kappa shape index (κ2) is 10.5. The molecule has 1 rings (SSSR count). The fourth-order valence-corrected chi connectivity index (χ4v) is 2.13. The first kappa shape index (κ1) is 18.9. The van der Waals surface area contributed by atoms with Gasteiger partial charge in [0, 0.05) is 39.3 Å². The first-order valence-corrected chi connectivity index (χ1v) is 7.56. The lowest BCUT2D eigenvalue weighted by Crippen LogP contribution is -2.52. The van der Waals surface area contributed by atoms with Crippen molar-refractivity contribution in [1.29, 1.82) is 0 Å². The standard InChI is InChI=1S/C15H25N5O3/c1-3-5-16-13(21)11-19-7-9-20(10-8-19)12-14(22)18-15(23)17-6-4-2/h3-4H,1-2,5-12H2,(H,16,21)(H2,17,18,22,23). The van der Waals surface area contributed by atoms with Crippen molar-refractivity contribution in [3.05, 3.63) is 25.3 Å². The van der Waals surface area contributed by atoms with E-state index in [1.165, 1.54) is 6.08 Å². The Morgan fingerprint density at radius 3 is 1.83 bits per heavy atom. The molecule has 1 aliphatic heterocycles. The Labute approximate surface area is 136 Å². The van der Waals surface area contributed by atoms with Crippen molar-refractivity contribution in [2.45, 2.75) is 0 Å². The Morgan fingerprint density at radius 2 is 1.30 bits per heavy atom. The van der Waals surface area contributed by atoms with Gasteiger partial charge in [-0.25, -0.2) is 4.79 Å². The van der Waals surface area contributed by atoms with Gasteiger partial charge in [0.2, 0.25) is 11.8 Å². The topological polar surface area (TPSA) is 93.8 Å². The molecule has 0 radical (unpaired) electrons. The highest BCUT2D eigenvalue weighted by Gasteiger charge is 2.20. The van der Waals surface area contributed by atoms with Crippen LogP contribution in [0.15, 0.2) is 25.3 Å². The van der Waals surface area contributed by atoms with Gasteiger partial charge in [0.25, 0.3) is 0 Å². The van der Waals surface area contributed by atoms with Crippen LogP contribution in [0, 0.1) is 0 Å². The van der Waals surface area contributed by atoms with Crippen LogP contribution in [0.4, 0.5) is 4.79 Å². The highest BCUT2D eigenvalue weighted by Crippen LogP contribution is 2.00. The summed E-state index contributed by atoms with van der Waals surface area (Å²) in [5, 5.41) is 7.48. The number of piperazine rings is 1. The van der Waals surface area contributed by atoms with Crippen molar-refractivity contribution in [2.24, 2.45) is 0 Å². The molecule has 1 aliphatic rings. The van der Waals surface area contributed by atoms with Crippen LogP contribution in [0.25, 0.3) is 0 Å². The van der Waals surface area contributed by atoms with Crippen molar-refractivity contribution >= 4 is 17.8 Å². The van der Waals surface area contributed by atoms with Crippen LogP contribution in [0.5, 0.6) is 0 Å². The smallest absolute Gasteiger partial charge is 0.321 e. The van der Waals surface area contributed by atoms with Gasteiger partial charge in [-0.05, 0) is 0 Å². The molecule has 0 unspecified atom stereocenters. The van der Waals surface area contributed by atoms with E-state index in [0.717, 1.165) is 0 Å². The van der Waals surface area contributed by atoms with Crippen molar-refractivity contribution in [3.8, 4) is 0 Å². The largest absolute Gasteiger partial charge is 0.352 e. The molecule has 128 valence electrons. The molecular weight excluding hydrogens is 298 g/mol. The summed E-state index contributed by atoms with van der Waals surface area (Å²) < 4.78 is 0. The Hall–Kier alpha value is -2.19. The fourth-order valence-electron chi connectivity index (χ4n) is 2.13. The summed E-state index contributed by atoms with van der Waals surface area (Å²) in [4.78, 5) is 38.7. The number of nitrogens with zero attached hydrogens (tertiary/aromatic N) is 2. The summed E-state index contributed by atoms with van der Waals surface area (Å²) in [5.41, 5.74) is 0. The van der Waals surface area contributed by atoms with Crippen LogP contribution in [0.3, 0.4) is 0 Å². The van der Waals surface area contributed by atoms with Gasteiger partial charge < -0.3 is 10.6 Å². The molecule has 4 amide bonds. The maximum absolute atomic E-state index is 11.7. The first-order chi connectivity index (χ1) is 11.0. The highest BCUT2D eigenvalue weighted by molar-refractivity contribution is 5.95. The van der Waals surface area contributed by atoms with Crippen LogP contribution >= 0.6 is 0 Å². The molecule has 0 aromatic rings. The lowest BCUT2D eigenvalue weighted by Gasteiger charge is -2.33. The normalized spacial score (nSPS) is 15.5. The zero-order chi connectivity index (χ0) is 17.1. The Morgan fingerprint density at radius 1 is 0.826 bits per heavy atom. The number of nitrogens with one attached hydrogen (secondary N) is 3. The SMILES string of the molecule is C=CCNC(=O)CN1CCN(CC(=O)NC(=O)NCC=C)CC1. The minimum absolute atomic E-state index is 0.0324. The molecule has 0 aliphatic carbocycles. The molecule has 8 heteroatoms. The third kappa shape index (κ3) is 8.12. The lowest BCUT2D eigenvalue weighted by molar-refractivity contribution is -0.124. The summed E-state index contributed by atoms with van der Waals surface area (Å²) in [6.45, 7) is 11.1. The molecule has 0 aromatic carbocycles. The Kier molecular flexibility index (Phi) is 8.63. The van der Waals surface area contributed by atoms with Gasteiger partial charge in [0.15, 0.2) is 0 Å². The molecule has 1 saturated heterocycles. The van der Waals surface area contributed by atoms with Crippen LogP contribution in [-0.4, -0.2) is 80.0 Å². The molecule has 1 fully saturated rings. The molecule has 0 aromatic heterocycles. The molecule has 8 nitrogen and oxygen atoms in total. The van der Waals surface area contributed by atoms with Gasteiger partial charge in [-0.1, -0.05) is 12.2 Å². The molecular formula is C15H25N5O3. The summed E-state index contributed by atoms with van der Waals surface area (Å²) in [5.74, 6) is -0.376. The average molecular weight is 323 g/mol. The van der Waals surface area contributed by atoms with Crippen LogP contribution in [0.2, 0.25) is 0 Å². The molecule has 0 spiro atoms. The Bertz CT molecular complexity index is 444. The maximum Gasteiger partial charge on any atom is 0.321 e. The maximum atomic E-state index is 11.7. The van der Waals surface area contributed by atoms with Gasteiger partial charge >= 0.3 is 6.03 Å². The summed E-state index contributed by atoms with van der Waals surface area (Å²) in [6, 6.07) is -0.521. The van der Waals surface area contributed by atoms with E-state index in [-0.39, 0.29) is 18.4 Å². The molecule has 0 saturated carbocycles. The van der Waals surface area contributed by atoms with E-state index in [9.17, 15) is 14.4 Å². The minimum atomic E-state index is -0.521. The van der Waals surface area contributed by atoms with Crippen LogP contribution in [-0.2, 0) is 9.59 Å². The zero-order valence-corrected chi connectivity index (χ0v) is 13.3. The quantitative estimate of drug-likeness (QED) is 0.494. The molecule has 23 heavy (non-hydrogen) atoms. The zero-order valence-electron chi connectivity index (χ0n) is 13.3. The first-order valence-electron chi connectivity index (χ1n) is 7.56. The number of amides is 4. The molecule has 0 atom stereocenters. The monoisotopic (exact) mass is 323 g/mol. The second-order valence-electron chi connectivity index (χ2n) is 5.19. The van der Waals surface area contributed by atoms with Crippen molar-refractivity contribution in [3.63, 3.8) is 0 Å². The molecule has 1 heterocycles. The van der Waals surface area contributed by atoms with E-state index >= 15 is 0 Å². The van der Waals surface area contributed by atoms with E-state index < -0.39 is 6.03 Å². The van der Waals surface area contributed by atoms with Gasteiger partial charge in [0.05, 0.1) is 13.1 Å². The predicted molar refractivity (Wildman–Crippen MR) is 87.8 cm³/mol. The number of rotatable bonds is 8. The number of hydrogen-bond acceptors (Lipinski definition) is 5. The van der Waals surface area contributed by atoms with E-state index in [0.29, 0.717) is 45.8 Å². The van der Waals surface area contributed by atoms with Crippen molar-refractivity contribution in [2.75, 3.05) is 52.4 Å². The number of carbonyl (C=O) groups is 3. The highest BCUT2D eigenvalue weighted by atomic mass is 16.2. The van der Waals surface area contributed by atoms with E-state index in [4.69, 9.17) is 0 Å². The van der Waals surface area contributed by atoms with Gasteiger partial charge in [-0.15, -0.1) is 13.2 Å². The van der Waals surface area contributed by atoms with Gasteiger partial charge in [-0.2, -0.15) is 0 Å². The second-order valence-corrected chi connectivity index (χ2v) is 5.19. The van der Waals surface area contributed by atoms with E-state index in [1.807, 2.05) is 9.80 Å². The average Bonchev–Trinajstić information content (AvgIpc) is 2.52. The fraction of sp³-hybridized carbons (Fsp3) is 0.533. The lowest BCUT2D eigenvalue weighted by atomic mass is 10.3. The van der Waals surface area contributed by atoms with Gasteiger partial charge in [-0.3, -0.25) is 24.7 Å². The predicted octanol–water partition coefficient (Wildman–Crippen LogP) is -1.08. The molecule has 0 bridgehead atoms. The minimum Gasteiger partial charge on any atom is -0.352 e. The van der Waals surface area contributed by atoms with Crippen molar-refractivity contribution in [1.82, 2.24) is 25.8 Å². The Balaban J connectivity index is 2.21. The van der Waals surface area contributed by atoms with Crippen LogP contribution < -0.4 is 16.0 Å². The molecule has 3 N–H and O–H groups in total. The van der Waals surface area contributed by atoms with Crippen LogP contribution in [0.1, 0.15) is 0 Å². The van der Waals surface area contributed by atoms with Gasteiger partial charge in [0.1, 0.15) is 0 Å². The summed E-state index contributed by atoms with van der Waals surface area (Å²) in [6.07, 6.45) is 3.17. The van der Waals surface area contributed by atoms with E-state index in [2.05, 4.69) is 29.1 Å². The number of urea groups is 1. The third-order valence-electron chi connectivity index (χ3n) is 3.30.